The molecule has 5 nitrogen and oxygen atoms in total. The molecule has 102 valence electrons. The highest BCUT2D eigenvalue weighted by Gasteiger charge is 2.38. The summed E-state index contributed by atoms with van der Waals surface area (Å²) in [5.41, 5.74) is 0. The van der Waals surface area contributed by atoms with Crippen molar-refractivity contribution < 1.29 is 14.3 Å². The van der Waals surface area contributed by atoms with Crippen LogP contribution in [0.25, 0.3) is 0 Å². The number of carbonyl (C=O) groups is 2. The third-order valence-corrected chi connectivity index (χ3v) is 3.90. The van der Waals surface area contributed by atoms with Crippen molar-refractivity contribution in [1.29, 1.82) is 0 Å². The van der Waals surface area contributed by atoms with Gasteiger partial charge in [-0.3, -0.25) is 9.59 Å². The highest BCUT2D eigenvalue weighted by molar-refractivity contribution is 5.89. The predicted octanol–water partition coefficient (Wildman–Crippen LogP) is 0.540. The molecule has 1 atom stereocenters. The van der Waals surface area contributed by atoms with E-state index >= 15 is 0 Å². The van der Waals surface area contributed by atoms with Gasteiger partial charge in [0, 0.05) is 32.7 Å². The normalized spacial score (nSPS) is 24.8. The van der Waals surface area contributed by atoms with Gasteiger partial charge in [-0.2, -0.15) is 0 Å². The van der Waals surface area contributed by atoms with Gasteiger partial charge in [-0.1, -0.05) is 12.8 Å². The van der Waals surface area contributed by atoms with Gasteiger partial charge in [0.2, 0.25) is 11.8 Å². The summed E-state index contributed by atoms with van der Waals surface area (Å²) in [6, 6.07) is 0.384. The maximum atomic E-state index is 11.9. The van der Waals surface area contributed by atoms with Crippen molar-refractivity contribution in [2.75, 3.05) is 26.8 Å². The predicted molar refractivity (Wildman–Crippen MR) is 67.0 cm³/mol. The quantitative estimate of drug-likeness (QED) is 0.729. The lowest BCUT2D eigenvalue weighted by atomic mass is 10.1. The molecule has 0 unspecified atom stereocenters. The Kier molecular flexibility index (Phi) is 4.58. The number of rotatable bonds is 5. The number of ether oxygens (including phenoxy) is 1. The van der Waals surface area contributed by atoms with Crippen LogP contribution in [0.4, 0.5) is 0 Å². The second-order valence-corrected chi connectivity index (χ2v) is 5.17. The van der Waals surface area contributed by atoms with Crippen LogP contribution in [0.5, 0.6) is 0 Å². The Hall–Kier alpha value is -1.10. The first-order valence-electron chi connectivity index (χ1n) is 6.78. The first-order valence-corrected chi connectivity index (χ1v) is 6.78. The second-order valence-electron chi connectivity index (χ2n) is 5.17. The van der Waals surface area contributed by atoms with E-state index in [1.54, 1.807) is 7.11 Å². The second kappa shape index (κ2) is 6.18. The van der Waals surface area contributed by atoms with Gasteiger partial charge in [0.25, 0.3) is 0 Å². The first-order chi connectivity index (χ1) is 8.72. The van der Waals surface area contributed by atoms with Crippen LogP contribution in [-0.4, -0.2) is 49.6 Å². The summed E-state index contributed by atoms with van der Waals surface area (Å²) in [5.74, 6) is -0.0374. The molecule has 2 aliphatic rings. The van der Waals surface area contributed by atoms with Crippen LogP contribution in [0.2, 0.25) is 0 Å². The maximum Gasteiger partial charge on any atom is 0.225 e. The van der Waals surface area contributed by atoms with Gasteiger partial charge in [-0.15, -0.1) is 0 Å². The molecule has 0 bridgehead atoms. The van der Waals surface area contributed by atoms with Gasteiger partial charge in [-0.05, 0) is 12.8 Å². The van der Waals surface area contributed by atoms with Crippen molar-refractivity contribution in [1.82, 2.24) is 10.2 Å². The summed E-state index contributed by atoms with van der Waals surface area (Å²) in [7, 11) is 1.60. The van der Waals surface area contributed by atoms with E-state index in [1.165, 1.54) is 12.8 Å². The van der Waals surface area contributed by atoms with E-state index in [-0.39, 0.29) is 17.7 Å². The zero-order chi connectivity index (χ0) is 13.0. The zero-order valence-electron chi connectivity index (χ0n) is 11.0. The third-order valence-electron chi connectivity index (χ3n) is 3.90. The van der Waals surface area contributed by atoms with Gasteiger partial charge < -0.3 is 15.0 Å². The third kappa shape index (κ3) is 3.02. The minimum absolute atomic E-state index is 0.0131. The summed E-state index contributed by atoms with van der Waals surface area (Å²) in [6.45, 7) is 1.63. The Bertz CT molecular complexity index is 313. The molecule has 1 N–H and O–H groups in total. The largest absolute Gasteiger partial charge is 0.383 e. The lowest BCUT2D eigenvalue weighted by molar-refractivity contribution is -0.130. The molecular weight excluding hydrogens is 232 g/mol. The fraction of sp³-hybridized carbons (Fsp3) is 0.846. The Morgan fingerprint density at radius 1 is 1.44 bits per heavy atom. The fourth-order valence-electron chi connectivity index (χ4n) is 2.90. The molecule has 0 aromatic carbocycles. The topological polar surface area (TPSA) is 58.6 Å². The highest BCUT2D eigenvalue weighted by Crippen LogP contribution is 2.29. The summed E-state index contributed by atoms with van der Waals surface area (Å²) < 4.78 is 4.89. The van der Waals surface area contributed by atoms with Crippen LogP contribution in [-0.2, 0) is 14.3 Å². The fourth-order valence-corrected chi connectivity index (χ4v) is 2.90. The summed E-state index contributed by atoms with van der Waals surface area (Å²) in [4.78, 5) is 25.7. The molecule has 0 radical (unpaired) electrons. The van der Waals surface area contributed by atoms with E-state index in [9.17, 15) is 9.59 Å². The Morgan fingerprint density at radius 3 is 2.83 bits per heavy atom. The Morgan fingerprint density at radius 2 is 2.17 bits per heavy atom. The van der Waals surface area contributed by atoms with Crippen molar-refractivity contribution in [3.05, 3.63) is 0 Å². The maximum absolute atomic E-state index is 11.9. The van der Waals surface area contributed by atoms with Crippen molar-refractivity contribution in [3.8, 4) is 0 Å². The van der Waals surface area contributed by atoms with Crippen molar-refractivity contribution in [3.63, 3.8) is 0 Å². The minimum Gasteiger partial charge on any atom is -0.383 e. The molecule has 5 heteroatoms. The number of carbonyl (C=O) groups excluding carboxylic acids is 2. The van der Waals surface area contributed by atoms with E-state index in [4.69, 9.17) is 4.74 Å². The summed E-state index contributed by atoms with van der Waals surface area (Å²) in [6.07, 6.45) is 4.99. The Labute approximate surface area is 108 Å². The standard InChI is InChI=1S/C13H22N2O3/c1-18-7-6-14-13(17)10-8-12(16)15(9-10)11-4-2-3-5-11/h10-11H,2-9H2,1H3,(H,14,17)/t10-/m0/s1. The SMILES string of the molecule is COCCNC(=O)[C@H]1CC(=O)N(C2CCCC2)C1. The van der Waals surface area contributed by atoms with E-state index in [1.807, 2.05) is 4.90 Å². The average molecular weight is 254 g/mol. The van der Waals surface area contributed by atoms with Crippen LogP contribution < -0.4 is 5.32 Å². The van der Waals surface area contributed by atoms with E-state index in [2.05, 4.69) is 5.32 Å². The molecular formula is C13H22N2O3. The van der Waals surface area contributed by atoms with E-state index in [0.717, 1.165) is 12.8 Å². The van der Waals surface area contributed by atoms with Crippen LogP contribution in [0, 0.1) is 5.92 Å². The van der Waals surface area contributed by atoms with Crippen LogP contribution in [0.1, 0.15) is 32.1 Å². The highest BCUT2D eigenvalue weighted by atomic mass is 16.5. The van der Waals surface area contributed by atoms with Crippen LogP contribution in [0.15, 0.2) is 0 Å². The van der Waals surface area contributed by atoms with Crippen molar-refractivity contribution in [2.24, 2.45) is 5.92 Å². The molecule has 1 saturated carbocycles. The number of methoxy groups -OCH3 is 1. The molecule has 1 aliphatic carbocycles. The smallest absolute Gasteiger partial charge is 0.225 e. The van der Waals surface area contributed by atoms with Gasteiger partial charge >= 0.3 is 0 Å². The Balaban J connectivity index is 1.81. The molecule has 2 rings (SSSR count). The van der Waals surface area contributed by atoms with Gasteiger partial charge in [0.15, 0.2) is 0 Å². The van der Waals surface area contributed by atoms with Crippen molar-refractivity contribution >= 4 is 11.8 Å². The number of nitrogens with zero attached hydrogens (tertiary/aromatic N) is 1. The van der Waals surface area contributed by atoms with Gasteiger partial charge in [0.05, 0.1) is 12.5 Å². The number of nitrogens with one attached hydrogen (secondary N) is 1. The molecule has 2 amide bonds. The molecule has 18 heavy (non-hydrogen) atoms. The molecule has 0 aromatic rings. The molecule has 0 aromatic heterocycles. The lowest BCUT2D eigenvalue weighted by Crippen LogP contribution is -2.37. The van der Waals surface area contributed by atoms with Crippen molar-refractivity contribution in [2.45, 2.75) is 38.1 Å². The molecule has 1 heterocycles. The zero-order valence-corrected chi connectivity index (χ0v) is 11.0. The number of hydrogen-bond acceptors (Lipinski definition) is 3. The van der Waals surface area contributed by atoms with Crippen LogP contribution >= 0.6 is 0 Å². The molecule has 0 spiro atoms. The monoisotopic (exact) mass is 254 g/mol. The van der Waals surface area contributed by atoms with Gasteiger partial charge in [-0.25, -0.2) is 0 Å². The first kappa shape index (κ1) is 13.3. The molecule has 2 fully saturated rings. The van der Waals surface area contributed by atoms with E-state index in [0.29, 0.717) is 32.2 Å². The number of amides is 2. The number of likely N-dealkylation sites (tertiary alicyclic amines) is 1. The summed E-state index contributed by atoms with van der Waals surface area (Å²) in [5, 5.41) is 2.81. The summed E-state index contributed by atoms with van der Waals surface area (Å²) >= 11 is 0. The number of hydrogen-bond donors (Lipinski definition) is 1. The molecule has 1 aliphatic heterocycles. The van der Waals surface area contributed by atoms with Crippen LogP contribution in [0.3, 0.4) is 0 Å². The lowest BCUT2D eigenvalue weighted by Gasteiger charge is -2.23. The van der Waals surface area contributed by atoms with Gasteiger partial charge in [0.1, 0.15) is 0 Å². The van der Waals surface area contributed by atoms with E-state index < -0.39 is 0 Å². The molecule has 1 saturated heterocycles. The minimum atomic E-state index is -0.171. The average Bonchev–Trinajstić information content (AvgIpc) is 2.97.